The Kier molecular flexibility index (Phi) is 6.26. The molecule has 4 nitrogen and oxygen atoms in total. The molecule has 0 bridgehead atoms. The second kappa shape index (κ2) is 8.40. The van der Waals surface area contributed by atoms with E-state index in [1.807, 2.05) is 30.3 Å². The molecule has 0 aliphatic rings. The van der Waals surface area contributed by atoms with Crippen LogP contribution in [0.25, 0.3) is 6.08 Å². The molecule has 0 aromatic heterocycles. The van der Waals surface area contributed by atoms with Gasteiger partial charge in [0.05, 0.1) is 11.5 Å². The maximum Gasteiger partial charge on any atom is 0.225 e. The smallest absolute Gasteiger partial charge is 0.225 e. The Morgan fingerprint density at radius 1 is 1.04 bits per heavy atom. The first-order chi connectivity index (χ1) is 11.4. The quantitative estimate of drug-likeness (QED) is 0.836. The van der Waals surface area contributed by atoms with Gasteiger partial charge in [0.1, 0.15) is 5.82 Å². The Labute approximate surface area is 140 Å². The van der Waals surface area contributed by atoms with Crippen molar-refractivity contribution in [2.24, 2.45) is 0 Å². The van der Waals surface area contributed by atoms with E-state index in [9.17, 15) is 17.6 Å². The molecule has 0 spiro atoms. The topological polar surface area (TPSA) is 63.2 Å². The summed E-state index contributed by atoms with van der Waals surface area (Å²) in [6.07, 6.45) is 3.16. The highest BCUT2D eigenvalue weighted by molar-refractivity contribution is 7.91. The average Bonchev–Trinajstić information content (AvgIpc) is 2.56. The van der Waals surface area contributed by atoms with Gasteiger partial charge in [-0.25, -0.2) is 12.8 Å². The Balaban J connectivity index is 1.80. The van der Waals surface area contributed by atoms with E-state index in [1.165, 1.54) is 24.3 Å². The highest BCUT2D eigenvalue weighted by Crippen LogP contribution is 2.09. The van der Waals surface area contributed by atoms with Crippen LogP contribution < -0.4 is 5.32 Å². The van der Waals surface area contributed by atoms with Crippen molar-refractivity contribution in [2.45, 2.75) is 6.42 Å². The zero-order valence-corrected chi connectivity index (χ0v) is 13.8. The molecule has 0 heterocycles. The van der Waals surface area contributed by atoms with E-state index in [0.717, 1.165) is 5.56 Å². The van der Waals surface area contributed by atoms with E-state index in [-0.39, 0.29) is 17.9 Å². The van der Waals surface area contributed by atoms with Gasteiger partial charge < -0.3 is 5.32 Å². The van der Waals surface area contributed by atoms with Crippen molar-refractivity contribution in [2.75, 3.05) is 16.8 Å². The van der Waals surface area contributed by atoms with Crippen LogP contribution in [0.3, 0.4) is 0 Å². The number of nitrogens with one attached hydrogen (secondary N) is 1. The summed E-state index contributed by atoms with van der Waals surface area (Å²) in [6.45, 7) is 0. The Hall–Kier alpha value is -2.47. The van der Waals surface area contributed by atoms with Gasteiger partial charge >= 0.3 is 0 Å². The van der Waals surface area contributed by atoms with Crippen molar-refractivity contribution < 1.29 is 17.6 Å². The molecule has 126 valence electrons. The van der Waals surface area contributed by atoms with Gasteiger partial charge in [-0.05, 0) is 29.8 Å². The van der Waals surface area contributed by atoms with Gasteiger partial charge in [-0.1, -0.05) is 42.5 Å². The third-order valence-corrected chi connectivity index (χ3v) is 4.75. The lowest BCUT2D eigenvalue weighted by Crippen LogP contribution is -2.18. The maximum atomic E-state index is 12.8. The first-order valence-corrected chi connectivity index (χ1v) is 9.24. The van der Waals surface area contributed by atoms with Crippen LogP contribution in [0.2, 0.25) is 0 Å². The summed E-state index contributed by atoms with van der Waals surface area (Å²) in [5, 5.41) is 2.54. The van der Waals surface area contributed by atoms with E-state index in [1.54, 1.807) is 12.2 Å². The fourth-order valence-electron chi connectivity index (χ4n) is 1.98. The highest BCUT2D eigenvalue weighted by atomic mass is 32.2. The predicted molar refractivity (Wildman–Crippen MR) is 93.8 cm³/mol. The molecule has 2 aromatic carbocycles. The Morgan fingerprint density at radius 2 is 1.71 bits per heavy atom. The summed E-state index contributed by atoms with van der Waals surface area (Å²) in [6, 6.07) is 14.7. The van der Waals surface area contributed by atoms with Crippen LogP contribution in [-0.4, -0.2) is 25.8 Å². The minimum absolute atomic E-state index is 0.119. The number of hydrogen-bond donors (Lipinski definition) is 1. The largest absolute Gasteiger partial charge is 0.326 e. The minimum atomic E-state index is -3.35. The van der Waals surface area contributed by atoms with Crippen LogP contribution in [0.5, 0.6) is 0 Å². The van der Waals surface area contributed by atoms with Gasteiger partial charge in [0.25, 0.3) is 0 Å². The van der Waals surface area contributed by atoms with Crippen LogP contribution in [0.4, 0.5) is 10.1 Å². The molecule has 2 rings (SSSR count). The van der Waals surface area contributed by atoms with Crippen molar-refractivity contribution in [3.63, 3.8) is 0 Å². The molecule has 0 saturated heterocycles. The number of benzene rings is 2. The molecular formula is C18H18FNO3S. The lowest BCUT2D eigenvalue weighted by Gasteiger charge is -2.05. The minimum Gasteiger partial charge on any atom is -0.326 e. The summed E-state index contributed by atoms with van der Waals surface area (Å²) in [5.41, 5.74) is 1.35. The van der Waals surface area contributed by atoms with Crippen molar-refractivity contribution in [3.05, 3.63) is 72.1 Å². The normalized spacial score (nSPS) is 11.5. The van der Waals surface area contributed by atoms with E-state index in [2.05, 4.69) is 5.32 Å². The summed E-state index contributed by atoms with van der Waals surface area (Å²) in [4.78, 5) is 11.8. The Morgan fingerprint density at radius 3 is 2.38 bits per heavy atom. The van der Waals surface area contributed by atoms with Gasteiger partial charge in [0.15, 0.2) is 9.84 Å². The molecular weight excluding hydrogens is 329 g/mol. The van der Waals surface area contributed by atoms with E-state index >= 15 is 0 Å². The second-order valence-electron chi connectivity index (χ2n) is 5.23. The molecule has 2 aromatic rings. The average molecular weight is 347 g/mol. The molecule has 1 amide bonds. The van der Waals surface area contributed by atoms with Crippen LogP contribution >= 0.6 is 0 Å². The molecule has 6 heteroatoms. The van der Waals surface area contributed by atoms with E-state index in [4.69, 9.17) is 0 Å². The first kappa shape index (κ1) is 17.9. The number of halogens is 1. The zero-order valence-electron chi connectivity index (χ0n) is 13.0. The predicted octanol–water partition coefficient (Wildman–Crippen LogP) is 3.28. The summed E-state index contributed by atoms with van der Waals surface area (Å²) >= 11 is 0. The third-order valence-electron chi connectivity index (χ3n) is 3.23. The standard InChI is InChI=1S/C18H18FNO3S/c19-16-8-10-17(11-9-16)20-18(21)12-14-24(22,23)13-4-7-15-5-2-1-3-6-15/h1-11H,12-14H2,(H,20,21). The number of anilines is 1. The monoisotopic (exact) mass is 347 g/mol. The van der Waals surface area contributed by atoms with Crippen molar-refractivity contribution >= 4 is 27.5 Å². The fraction of sp³-hybridized carbons (Fsp3) is 0.167. The van der Waals surface area contributed by atoms with Gasteiger partial charge in [-0.15, -0.1) is 0 Å². The van der Waals surface area contributed by atoms with Crippen LogP contribution in [0, 0.1) is 5.82 Å². The number of rotatable bonds is 7. The molecule has 0 saturated carbocycles. The molecule has 1 N–H and O–H groups in total. The zero-order chi connectivity index (χ0) is 17.4. The summed E-state index contributed by atoms with van der Waals surface area (Å²) in [5.74, 6) is -1.18. The number of carbonyl (C=O) groups excluding carboxylic acids is 1. The maximum absolute atomic E-state index is 12.8. The molecule has 24 heavy (non-hydrogen) atoms. The SMILES string of the molecule is O=C(CCS(=O)(=O)CC=Cc1ccccc1)Nc1ccc(F)cc1. The van der Waals surface area contributed by atoms with Crippen molar-refractivity contribution in [1.82, 2.24) is 0 Å². The molecule has 0 atom stereocenters. The van der Waals surface area contributed by atoms with E-state index in [0.29, 0.717) is 5.69 Å². The summed E-state index contributed by atoms with van der Waals surface area (Å²) in [7, 11) is -3.35. The molecule has 0 aliphatic heterocycles. The van der Waals surface area contributed by atoms with Crippen LogP contribution in [0.15, 0.2) is 60.7 Å². The van der Waals surface area contributed by atoms with Gasteiger partial charge in [0, 0.05) is 12.1 Å². The molecule has 0 fully saturated rings. The molecule has 0 aliphatic carbocycles. The van der Waals surface area contributed by atoms with Crippen molar-refractivity contribution in [1.29, 1.82) is 0 Å². The lowest BCUT2D eigenvalue weighted by molar-refractivity contribution is -0.115. The number of amides is 1. The van der Waals surface area contributed by atoms with Crippen LogP contribution in [-0.2, 0) is 14.6 Å². The van der Waals surface area contributed by atoms with E-state index < -0.39 is 21.6 Å². The molecule has 0 unspecified atom stereocenters. The first-order valence-electron chi connectivity index (χ1n) is 7.42. The fourth-order valence-corrected chi connectivity index (χ4v) is 3.04. The second-order valence-corrected chi connectivity index (χ2v) is 7.46. The lowest BCUT2D eigenvalue weighted by atomic mass is 10.2. The van der Waals surface area contributed by atoms with Gasteiger partial charge in [-0.2, -0.15) is 0 Å². The van der Waals surface area contributed by atoms with Gasteiger partial charge in [-0.3, -0.25) is 4.79 Å². The van der Waals surface area contributed by atoms with Crippen LogP contribution in [0.1, 0.15) is 12.0 Å². The number of sulfone groups is 1. The third kappa shape index (κ3) is 6.34. The summed E-state index contributed by atoms with van der Waals surface area (Å²) < 4.78 is 36.7. The van der Waals surface area contributed by atoms with Gasteiger partial charge in [0.2, 0.25) is 5.91 Å². The highest BCUT2D eigenvalue weighted by Gasteiger charge is 2.12. The molecule has 0 radical (unpaired) electrons. The number of carbonyl (C=O) groups is 1. The number of hydrogen-bond acceptors (Lipinski definition) is 3. The Bertz CT molecular complexity index is 800. The van der Waals surface area contributed by atoms with Crippen molar-refractivity contribution in [3.8, 4) is 0 Å².